The van der Waals surface area contributed by atoms with Crippen LogP contribution < -0.4 is 0 Å². The molecule has 94 valence electrons. The molecule has 0 spiro atoms. The number of aromatic nitrogens is 1. The molecule has 0 bridgehead atoms. The van der Waals surface area contributed by atoms with Crippen molar-refractivity contribution in [1.29, 1.82) is 0 Å². The summed E-state index contributed by atoms with van der Waals surface area (Å²) < 4.78 is 0. The summed E-state index contributed by atoms with van der Waals surface area (Å²) in [6.45, 7) is 8.14. The van der Waals surface area contributed by atoms with Crippen molar-refractivity contribution in [2.75, 3.05) is 0 Å². The van der Waals surface area contributed by atoms with Crippen molar-refractivity contribution in [2.24, 2.45) is 5.92 Å². The predicted molar refractivity (Wildman–Crippen MR) is 70.1 cm³/mol. The summed E-state index contributed by atoms with van der Waals surface area (Å²) in [6.07, 6.45) is 3.14. The van der Waals surface area contributed by atoms with Crippen molar-refractivity contribution in [1.82, 2.24) is 4.98 Å². The smallest absolute Gasteiger partial charge is 0.0623 e. The topological polar surface area (TPSA) is 33.1 Å². The van der Waals surface area contributed by atoms with Crippen LogP contribution in [-0.2, 0) is 6.42 Å². The number of fused-ring (bicyclic) bond motifs is 1. The number of nitrogens with zero attached hydrogens (tertiary/aromatic N) is 1. The van der Waals surface area contributed by atoms with E-state index in [-0.39, 0.29) is 0 Å². The van der Waals surface area contributed by atoms with Crippen LogP contribution >= 0.6 is 0 Å². The molecule has 1 aliphatic rings. The van der Waals surface area contributed by atoms with Crippen molar-refractivity contribution in [3.05, 3.63) is 29.1 Å². The molecule has 2 atom stereocenters. The summed E-state index contributed by atoms with van der Waals surface area (Å²) in [7, 11) is 0. The molecule has 0 unspecified atom stereocenters. The van der Waals surface area contributed by atoms with Gasteiger partial charge >= 0.3 is 0 Å². The second-order valence-corrected chi connectivity index (χ2v) is 6.02. The molecule has 1 N–H and O–H groups in total. The maximum atomic E-state index is 10.2. The van der Waals surface area contributed by atoms with Crippen molar-refractivity contribution in [3.8, 4) is 0 Å². The lowest BCUT2D eigenvalue weighted by atomic mass is 9.84. The first-order chi connectivity index (χ1) is 7.88. The summed E-state index contributed by atoms with van der Waals surface area (Å²) in [5, 5.41) is 10.2. The van der Waals surface area contributed by atoms with Crippen LogP contribution in [0.15, 0.2) is 12.1 Å². The van der Waals surface area contributed by atoms with Crippen LogP contribution in [0.2, 0.25) is 0 Å². The Morgan fingerprint density at radius 3 is 2.65 bits per heavy atom. The zero-order valence-electron chi connectivity index (χ0n) is 11.3. The van der Waals surface area contributed by atoms with E-state index in [1.807, 2.05) is 20.8 Å². The summed E-state index contributed by atoms with van der Waals surface area (Å²) >= 11 is 0. The van der Waals surface area contributed by atoms with Crippen LogP contribution in [0.25, 0.3) is 0 Å². The van der Waals surface area contributed by atoms with Gasteiger partial charge in [-0.3, -0.25) is 4.98 Å². The van der Waals surface area contributed by atoms with Crippen LogP contribution in [0.3, 0.4) is 0 Å². The Hall–Kier alpha value is -0.890. The molecule has 0 radical (unpaired) electrons. The highest BCUT2D eigenvalue weighted by Crippen LogP contribution is 2.36. The quantitative estimate of drug-likeness (QED) is 0.755. The molecule has 0 saturated heterocycles. The average molecular weight is 233 g/mol. The van der Waals surface area contributed by atoms with Gasteiger partial charge in [0.05, 0.1) is 5.60 Å². The van der Waals surface area contributed by atoms with E-state index >= 15 is 0 Å². The average Bonchev–Trinajstić information content (AvgIpc) is 2.37. The number of hydrogen-bond acceptors (Lipinski definition) is 2. The van der Waals surface area contributed by atoms with Crippen LogP contribution in [0.1, 0.15) is 56.5 Å². The fraction of sp³-hybridized carbons (Fsp3) is 0.667. The summed E-state index contributed by atoms with van der Waals surface area (Å²) in [6, 6.07) is 4.31. The summed E-state index contributed by atoms with van der Waals surface area (Å²) in [4.78, 5) is 4.68. The van der Waals surface area contributed by atoms with Gasteiger partial charge in [-0.2, -0.15) is 0 Å². The van der Waals surface area contributed by atoms with Gasteiger partial charge in [0.25, 0.3) is 0 Å². The van der Waals surface area contributed by atoms with Crippen molar-refractivity contribution in [2.45, 2.75) is 58.5 Å². The van der Waals surface area contributed by atoms with Crippen LogP contribution in [0.4, 0.5) is 0 Å². The molecule has 1 heterocycles. The SMILES string of the molecule is Cc1ccc2c(n1)C[C@H](C(C)(C)O)CC[C@H]2C. The predicted octanol–water partition coefficient (Wildman–Crippen LogP) is 3.22. The molecule has 1 aromatic rings. The third-order valence-corrected chi connectivity index (χ3v) is 4.07. The summed E-state index contributed by atoms with van der Waals surface area (Å²) in [5.41, 5.74) is 3.05. The fourth-order valence-corrected chi connectivity index (χ4v) is 2.78. The fourth-order valence-electron chi connectivity index (χ4n) is 2.78. The lowest BCUT2D eigenvalue weighted by molar-refractivity contribution is 0.0127. The van der Waals surface area contributed by atoms with Crippen LogP contribution in [0, 0.1) is 12.8 Å². The zero-order valence-corrected chi connectivity index (χ0v) is 11.3. The number of pyridine rings is 1. The van der Waals surface area contributed by atoms with Crippen molar-refractivity contribution < 1.29 is 5.11 Å². The molecule has 2 rings (SSSR count). The Kier molecular flexibility index (Phi) is 3.26. The highest BCUT2D eigenvalue weighted by atomic mass is 16.3. The van der Waals surface area contributed by atoms with E-state index < -0.39 is 5.60 Å². The van der Waals surface area contributed by atoms with E-state index in [0.29, 0.717) is 11.8 Å². The van der Waals surface area contributed by atoms with Gasteiger partial charge in [0.15, 0.2) is 0 Å². The van der Waals surface area contributed by atoms with E-state index in [1.54, 1.807) is 0 Å². The first-order valence-electron chi connectivity index (χ1n) is 6.56. The molecule has 2 heteroatoms. The van der Waals surface area contributed by atoms with Gasteiger partial charge in [-0.1, -0.05) is 13.0 Å². The molecule has 2 nitrogen and oxygen atoms in total. The highest BCUT2D eigenvalue weighted by molar-refractivity contribution is 5.28. The van der Waals surface area contributed by atoms with E-state index in [1.165, 1.54) is 11.3 Å². The number of hydrogen-bond donors (Lipinski definition) is 1. The Morgan fingerprint density at radius 1 is 1.29 bits per heavy atom. The maximum absolute atomic E-state index is 10.2. The summed E-state index contributed by atoms with van der Waals surface area (Å²) in [5.74, 6) is 0.881. The second-order valence-electron chi connectivity index (χ2n) is 6.02. The Labute approximate surface area is 104 Å². The first-order valence-corrected chi connectivity index (χ1v) is 6.56. The molecule has 1 aromatic heterocycles. The van der Waals surface area contributed by atoms with E-state index in [2.05, 4.69) is 24.0 Å². The monoisotopic (exact) mass is 233 g/mol. The third kappa shape index (κ3) is 2.68. The molecular formula is C15H23NO. The normalized spacial score (nSPS) is 25.2. The number of aliphatic hydroxyl groups is 1. The second kappa shape index (κ2) is 4.41. The number of rotatable bonds is 1. The van der Waals surface area contributed by atoms with Gasteiger partial charge in [0.2, 0.25) is 0 Å². The molecule has 1 aliphatic carbocycles. The van der Waals surface area contributed by atoms with Gasteiger partial charge in [0.1, 0.15) is 0 Å². The van der Waals surface area contributed by atoms with Crippen LogP contribution in [-0.4, -0.2) is 15.7 Å². The van der Waals surface area contributed by atoms with E-state index in [0.717, 1.165) is 25.0 Å². The lowest BCUT2D eigenvalue weighted by Gasteiger charge is -2.28. The largest absolute Gasteiger partial charge is 0.390 e. The minimum Gasteiger partial charge on any atom is -0.390 e. The minimum absolute atomic E-state index is 0.320. The first kappa shape index (κ1) is 12.6. The molecule has 17 heavy (non-hydrogen) atoms. The molecule has 0 aliphatic heterocycles. The molecule has 0 amide bonds. The maximum Gasteiger partial charge on any atom is 0.0623 e. The van der Waals surface area contributed by atoms with Gasteiger partial charge in [-0.25, -0.2) is 0 Å². The standard InChI is InChI=1S/C15H23NO/c1-10-5-7-12(15(3,4)17)9-14-13(10)8-6-11(2)16-14/h6,8,10,12,17H,5,7,9H2,1-4H3/t10-,12-/m1/s1. The highest BCUT2D eigenvalue weighted by Gasteiger charge is 2.31. The van der Waals surface area contributed by atoms with Gasteiger partial charge < -0.3 is 5.11 Å². The molecule has 0 aromatic carbocycles. The van der Waals surface area contributed by atoms with Gasteiger partial charge in [-0.05, 0) is 63.5 Å². The minimum atomic E-state index is -0.604. The zero-order chi connectivity index (χ0) is 12.6. The molecular weight excluding hydrogens is 210 g/mol. The van der Waals surface area contributed by atoms with Crippen molar-refractivity contribution >= 4 is 0 Å². The lowest BCUT2D eigenvalue weighted by Crippen LogP contribution is -2.32. The van der Waals surface area contributed by atoms with Gasteiger partial charge in [-0.15, -0.1) is 0 Å². The molecule has 0 fully saturated rings. The third-order valence-electron chi connectivity index (χ3n) is 4.07. The van der Waals surface area contributed by atoms with Gasteiger partial charge in [0, 0.05) is 11.4 Å². The van der Waals surface area contributed by atoms with E-state index in [9.17, 15) is 5.11 Å². The Balaban J connectivity index is 2.36. The van der Waals surface area contributed by atoms with Crippen molar-refractivity contribution in [3.63, 3.8) is 0 Å². The Morgan fingerprint density at radius 2 is 2.00 bits per heavy atom. The number of aryl methyl sites for hydroxylation is 1. The van der Waals surface area contributed by atoms with E-state index in [4.69, 9.17) is 0 Å². The molecule has 0 saturated carbocycles. The van der Waals surface area contributed by atoms with Crippen LogP contribution in [0.5, 0.6) is 0 Å². The Bertz CT molecular complexity index is 406.